The predicted molar refractivity (Wildman–Crippen MR) is 71.6 cm³/mol. The summed E-state index contributed by atoms with van der Waals surface area (Å²) in [6.07, 6.45) is 0. The van der Waals surface area contributed by atoms with Gasteiger partial charge < -0.3 is 10.9 Å². The Hall–Kier alpha value is -2.29. The van der Waals surface area contributed by atoms with E-state index >= 15 is 0 Å². The number of hydrogen-bond donors (Lipinski definition) is 3. The van der Waals surface area contributed by atoms with Crippen molar-refractivity contribution in [3.8, 4) is 0 Å². The van der Waals surface area contributed by atoms with Crippen molar-refractivity contribution in [3.05, 3.63) is 40.1 Å². The van der Waals surface area contributed by atoms with Gasteiger partial charge in [-0.2, -0.15) is 0 Å². The van der Waals surface area contributed by atoms with Crippen molar-refractivity contribution >= 4 is 17.6 Å². The molecular weight excluding hydrogens is 285 g/mol. The summed E-state index contributed by atoms with van der Waals surface area (Å²) < 4.78 is 15.3. The summed E-state index contributed by atoms with van der Waals surface area (Å²) in [7, 11) is 0. The summed E-state index contributed by atoms with van der Waals surface area (Å²) in [6, 6.07) is 4.15. The van der Waals surface area contributed by atoms with E-state index in [4.69, 9.17) is 10.9 Å². The van der Waals surface area contributed by atoms with Crippen LogP contribution >= 0.6 is 11.8 Å². The number of nitrogens with two attached hydrogens (primary N) is 1. The van der Waals surface area contributed by atoms with E-state index in [0.717, 1.165) is 17.8 Å². The normalized spacial score (nSPS) is 11.8. The molecule has 0 saturated carbocycles. The smallest absolute Gasteiger partial charge is 0.343 e. The maximum atomic E-state index is 13.9. The summed E-state index contributed by atoms with van der Waals surface area (Å²) in [4.78, 5) is 11.7. The highest BCUT2D eigenvalue weighted by Crippen LogP contribution is 2.28. The summed E-state index contributed by atoms with van der Waals surface area (Å²) in [5.74, 6) is -0.720. The quantitative estimate of drug-likeness (QED) is 0.337. The first-order valence-electron chi connectivity index (χ1n) is 5.67. The number of halogens is 1. The first kappa shape index (κ1) is 14.1. The molecule has 4 N–H and O–H groups in total. The molecule has 106 valence electrons. The van der Waals surface area contributed by atoms with Gasteiger partial charge in [-0.25, -0.2) is 14.3 Å². The molecule has 2 rings (SSSR count). The van der Waals surface area contributed by atoms with Crippen LogP contribution in [0.1, 0.15) is 12.5 Å². The molecule has 0 atom stereocenters. The van der Waals surface area contributed by atoms with Crippen LogP contribution in [0, 0.1) is 5.82 Å². The van der Waals surface area contributed by atoms with Gasteiger partial charge >= 0.3 is 5.69 Å². The van der Waals surface area contributed by atoms with Crippen molar-refractivity contribution in [3.63, 3.8) is 0 Å². The van der Waals surface area contributed by atoms with Crippen molar-refractivity contribution in [1.82, 2.24) is 14.8 Å². The van der Waals surface area contributed by atoms with Crippen LogP contribution in [0.4, 0.5) is 4.39 Å². The van der Waals surface area contributed by atoms with Crippen molar-refractivity contribution < 1.29 is 9.60 Å². The second-order valence-electron chi connectivity index (χ2n) is 3.79. The highest BCUT2D eigenvalue weighted by atomic mass is 32.2. The highest BCUT2D eigenvalue weighted by Gasteiger charge is 2.12. The van der Waals surface area contributed by atoms with Crippen molar-refractivity contribution in [2.45, 2.75) is 23.5 Å². The Morgan fingerprint density at radius 1 is 1.65 bits per heavy atom. The lowest BCUT2D eigenvalue weighted by atomic mass is 10.2. The minimum Gasteiger partial charge on any atom is -0.409 e. The predicted octanol–water partition coefficient (Wildman–Crippen LogP) is 0.976. The number of nitrogens with zero attached hydrogens (tertiary/aromatic N) is 3. The number of H-pyrrole nitrogens is 1. The third kappa shape index (κ3) is 2.67. The lowest BCUT2D eigenvalue weighted by Gasteiger charge is -2.05. The van der Waals surface area contributed by atoms with E-state index < -0.39 is 5.82 Å². The lowest BCUT2D eigenvalue weighted by molar-refractivity contribution is 0.318. The van der Waals surface area contributed by atoms with Gasteiger partial charge in [-0.15, -0.1) is 5.10 Å². The van der Waals surface area contributed by atoms with Crippen LogP contribution in [0.3, 0.4) is 0 Å². The molecule has 0 bridgehead atoms. The Morgan fingerprint density at radius 3 is 3.00 bits per heavy atom. The van der Waals surface area contributed by atoms with Gasteiger partial charge in [-0.05, 0) is 36.9 Å². The molecule has 1 aromatic heterocycles. The summed E-state index contributed by atoms with van der Waals surface area (Å²) in [5.41, 5.74) is 5.30. The fraction of sp³-hybridized carbons (Fsp3) is 0.182. The number of aromatic amines is 1. The van der Waals surface area contributed by atoms with Gasteiger partial charge in [0.05, 0.1) is 4.90 Å². The first-order chi connectivity index (χ1) is 9.56. The molecule has 1 aromatic carbocycles. The monoisotopic (exact) mass is 297 g/mol. The summed E-state index contributed by atoms with van der Waals surface area (Å²) >= 11 is 1.02. The van der Waals surface area contributed by atoms with Gasteiger partial charge in [-0.3, -0.25) is 4.57 Å². The Kier molecular flexibility index (Phi) is 4.08. The summed E-state index contributed by atoms with van der Waals surface area (Å²) in [6.45, 7) is 2.22. The van der Waals surface area contributed by atoms with Gasteiger partial charge in [0.15, 0.2) is 11.0 Å². The molecule has 20 heavy (non-hydrogen) atoms. The number of nitrogens with one attached hydrogen (secondary N) is 1. The van der Waals surface area contributed by atoms with Crippen LogP contribution in [0.5, 0.6) is 0 Å². The zero-order valence-corrected chi connectivity index (χ0v) is 11.3. The minimum atomic E-state index is -0.544. The molecule has 0 fully saturated rings. The molecular formula is C11H12FN5O2S. The molecule has 0 aliphatic rings. The molecule has 1 heterocycles. The van der Waals surface area contributed by atoms with Crippen molar-refractivity contribution in [2.24, 2.45) is 10.9 Å². The minimum absolute atomic E-state index is 0.175. The Balaban J connectivity index is 2.33. The van der Waals surface area contributed by atoms with Gasteiger partial charge in [0.2, 0.25) is 0 Å². The van der Waals surface area contributed by atoms with Crippen LogP contribution in [0.25, 0.3) is 0 Å². The number of hydrogen-bond acceptors (Lipinski definition) is 5. The van der Waals surface area contributed by atoms with E-state index in [-0.39, 0.29) is 22.0 Å². The van der Waals surface area contributed by atoms with Gasteiger partial charge in [0.25, 0.3) is 0 Å². The van der Waals surface area contributed by atoms with Crippen LogP contribution in [0.15, 0.2) is 38.2 Å². The second-order valence-corrected chi connectivity index (χ2v) is 4.80. The fourth-order valence-electron chi connectivity index (χ4n) is 1.56. The number of aromatic nitrogens is 3. The fourth-order valence-corrected chi connectivity index (χ4v) is 2.46. The van der Waals surface area contributed by atoms with Crippen LogP contribution in [-0.4, -0.2) is 25.8 Å². The van der Waals surface area contributed by atoms with Crippen LogP contribution in [0.2, 0.25) is 0 Å². The van der Waals surface area contributed by atoms with E-state index in [0.29, 0.717) is 11.7 Å². The molecule has 0 aliphatic carbocycles. The molecule has 7 nitrogen and oxygen atoms in total. The first-order valence-corrected chi connectivity index (χ1v) is 6.49. The van der Waals surface area contributed by atoms with E-state index in [1.807, 2.05) is 0 Å². The molecule has 0 radical (unpaired) electrons. The van der Waals surface area contributed by atoms with Crippen molar-refractivity contribution in [2.75, 3.05) is 0 Å². The molecule has 0 amide bonds. The third-order valence-electron chi connectivity index (χ3n) is 2.58. The molecule has 0 unspecified atom stereocenters. The van der Waals surface area contributed by atoms with Crippen LogP contribution in [-0.2, 0) is 6.54 Å². The Morgan fingerprint density at radius 2 is 2.40 bits per heavy atom. The van der Waals surface area contributed by atoms with E-state index in [1.165, 1.54) is 16.7 Å². The van der Waals surface area contributed by atoms with Gasteiger partial charge in [0.1, 0.15) is 5.82 Å². The van der Waals surface area contributed by atoms with Gasteiger partial charge in [-0.1, -0.05) is 5.16 Å². The zero-order chi connectivity index (χ0) is 14.7. The zero-order valence-electron chi connectivity index (χ0n) is 10.5. The molecule has 9 heteroatoms. The SMILES string of the molecule is CCn1c(Sc2ccc(C(N)=NO)cc2F)n[nH]c1=O. The maximum Gasteiger partial charge on any atom is 0.343 e. The molecule has 0 saturated heterocycles. The molecule has 2 aromatic rings. The number of amidine groups is 1. The average molecular weight is 297 g/mol. The van der Waals surface area contributed by atoms with Crippen LogP contribution < -0.4 is 11.4 Å². The largest absolute Gasteiger partial charge is 0.409 e. The summed E-state index contributed by atoms with van der Waals surface area (Å²) in [5, 5.41) is 17.8. The maximum absolute atomic E-state index is 13.9. The Labute approximate surface area is 117 Å². The molecule has 0 spiro atoms. The standard InChI is InChI=1S/C11H12FN5O2S/c1-2-17-10(18)14-15-11(17)20-8-4-3-6(5-7(8)12)9(13)16-19/h3-5,19H,2H2,1H3,(H2,13,16)(H,14,18). The topological polar surface area (TPSA) is 109 Å². The molecule has 0 aliphatic heterocycles. The number of oxime groups is 1. The van der Waals surface area contributed by atoms with Gasteiger partial charge in [0, 0.05) is 12.1 Å². The Bertz CT molecular complexity index is 709. The number of rotatable bonds is 4. The average Bonchev–Trinajstić information content (AvgIpc) is 2.80. The van der Waals surface area contributed by atoms with E-state index in [1.54, 1.807) is 6.92 Å². The lowest BCUT2D eigenvalue weighted by Crippen LogP contribution is -2.16. The van der Waals surface area contributed by atoms with E-state index in [9.17, 15) is 9.18 Å². The third-order valence-corrected chi connectivity index (χ3v) is 3.62. The highest BCUT2D eigenvalue weighted by molar-refractivity contribution is 7.99. The van der Waals surface area contributed by atoms with E-state index in [2.05, 4.69) is 15.4 Å². The number of benzene rings is 1. The van der Waals surface area contributed by atoms with Crippen molar-refractivity contribution in [1.29, 1.82) is 0 Å². The second kappa shape index (κ2) is 5.78.